The third-order valence-electron chi connectivity index (χ3n) is 10.1. The van der Waals surface area contributed by atoms with E-state index in [1.54, 1.807) is 0 Å². The van der Waals surface area contributed by atoms with Gasteiger partial charge in [0.25, 0.3) is 0 Å². The van der Waals surface area contributed by atoms with Gasteiger partial charge >= 0.3 is 0 Å². The van der Waals surface area contributed by atoms with Crippen molar-refractivity contribution in [3.8, 4) is 45.3 Å². The van der Waals surface area contributed by atoms with E-state index < -0.39 is 0 Å². The Kier molecular flexibility index (Phi) is 6.18. The van der Waals surface area contributed by atoms with Crippen LogP contribution in [-0.4, -0.2) is 15.0 Å². The normalized spacial score (nSPS) is 11.8. The summed E-state index contributed by atoms with van der Waals surface area (Å²) in [5, 5.41) is 8.74. The van der Waals surface area contributed by atoms with Crippen LogP contribution in [-0.2, 0) is 0 Å². The smallest absolute Gasteiger partial charge is 0.167 e. The molecule has 0 atom stereocenters. The van der Waals surface area contributed by atoms with E-state index in [0.29, 0.717) is 17.5 Å². The summed E-state index contributed by atoms with van der Waals surface area (Å²) in [4.78, 5) is 15.5. The van der Waals surface area contributed by atoms with Crippen molar-refractivity contribution in [2.75, 3.05) is 0 Å². The molecule has 0 N–H and O–H groups in total. The van der Waals surface area contributed by atoms with E-state index in [9.17, 15) is 0 Å². The average Bonchev–Trinajstić information content (AvgIpc) is 3.77. The highest BCUT2D eigenvalue weighted by Gasteiger charge is 2.21. The molecule has 0 amide bonds. The fourth-order valence-electron chi connectivity index (χ4n) is 7.47. The zero-order chi connectivity index (χ0) is 34.2. The van der Waals surface area contributed by atoms with Crippen LogP contribution in [0.3, 0.4) is 0 Å². The van der Waals surface area contributed by atoms with Crippen molar-refractivity contribution in [2.45, 2.75) is 0 Å². The quantitative estimate of drug-likeness (QED) is 0.187. The molecule has 52 heavy (non-hydrogen) atoms. The molecule has 242 valence electrons. The predicted molar refractivity (Wildman–Crippen MR) is 211 cm³/mol. The molecule has 0 bridgehead atoms. The van der Waals surface area contributed by atoms with Crippen LogP contribution in [0.25, 0.3) is 111 Å². The lowest BCUT2D eigenvalue weighted by molar-refractivity contribution is 0.668. The summed E-state index contributed by atoms with van der Waals surface area (Å²) in [6, 6.07) is 56.5. The first-order valence-electron chi connectivity index (χ1n) is 17.3. The second-order valence-electron chi connectivity index (χ2n) is 13.2. The number of hydrogen-bond acceptors (Lipinski definition) is 5. The minimum Gasteiger partial charge on any atom is -0.456 e. The third-order valence-corrected chi connectivity index (χ3v) is 10.1. The van der Waals surface area contributed by atoms with Crippen molar-refractivity contribution in [3.63, 3.8) is 0 Å². The van der Waals surface area contributed by atoms with Gasteiger partial charge in [-0.2, -0.15) is 0 Å². The maximum atomic E-state index is 6.76. The van der Waals surface area contributed by atoms with Crippen molar-refractivity contribution in [3.05, 3.63) is 164 Å². The highest BCUT2D eigenvalue weighted by molar-refractivity contribution is 6.14. The first-order chi connectivity index (χ1) is 25.7. The fraction of sp³-hybridized carbons (Fsp3) is 0. The van der Waals surface area contributed by atoms with Gasteiger partial charge in [0.05, 0.1) is 5.56 Å². The van der Waals surface area contributed by atoms with E-state index in [4.69, 9.17) is 23.8 Å². The molecule has 0 saturated carbocycles. The van der Waals surface area contributed by atoms with Gasteiger partial charge in [-0.3, -0.25) is 0 Å². The van der Waals surface area contributed by atoms with Crippen molar-refractivity contribution < 1.29 is 8.83 Å². The van der Waals surface area contributed by atoms with E-state index in [2.05, 4.69) is 133 Å². The number of nitrogens with zero attached hydrogens (tertiary/aromatic N) is 3. The molecule has 0 saturated heterocycles. The highest BCUT2D eigenvalue weighted by Crippen LogP contribution is 2.41. The molecule has 11 aromatic rings. The molecule has 3 heterocycles. The zero-order valence-electron chi connectivity index (χ0n) is 27.7. The zero-order valence-corrected chi connectivity index (χ0v) is 27.7. The summed E-state index contributed by atoms with van der Waals surface area (Å²) in [7, 11) is 0. The van der Waals surface area contributed by atoms with Crippen LogP contribution in [0.15, 0.2) is 173 Å². The van der Waals surface area contributed by atoms with Gasteiger partial charge in [0.1, 0.15) is 22.3 Å². The summed E-state index contributed by atoms with van der Waals surface area (Å²) in [6.45, 7) is 0. The van der Waals surface area contributed by atoms with Gasteiger partial charge in [-0.15, -0.1) is 0 Å². The minimum absolute atomic E-state index is 0.532. The van der Waals surface area contributed by atoms with Crippen molar-refractivity contribution in [1.29, 1.82) is 0 Å². The predicted octanol–water partition coefficient (Wildman–Crippen LogP) is 12.6. The molecule has 0 spiro atoms. The van der Waals surface area contributed by atoms with E-state index in [1.807, 2.05) is 30.3 Å². The topological polar surface area (TPSA) is 65.0 Å². The molecule has 5 heteroatoms. The van der Waals surface area contributed by atoms with E-state index in [1.165, 1.54) is 0 Å². The highest BCUT2D eigenvalue weighted by atomic mass is 16.3. The van der Waals surface area contributed by atoms with Gasteiger partial charge in [0.15, 0.2) is 17.5 Å². The van der Waals surface area contributed by atoms with Crippen molar-refractivity contribution in [1.82, 2.24) is 15.0 Å². The lowest BCUT2D eigenvalue weighted by Gasteiger charge is -2.11. The Morgan fingerprint density at radius 1 is 0.308 bits per heavy atom. The van der Waals surface area contributed by atoms with Gasteiger partial charge in [0.2, 0.25) is 0 Å². The van der Waals surface area contributed by atoms with Crippen LogP contribution in [0.4, 0.5) is 0 Å². The summed E-state index contributed by atoms with van der Waals surface area (Å²) in [6.07, 6.45) is 0. The second kappa shape index (κ2) is 11.2. The Morgan fingerprint density at radius 2 is 0.923 bits per heavy atom. The van der Waals surface area contributed by atoms with Crippen LogP contribution < -0.4 is 0 Å². The Morgan fingerprint density at radius 3 is 1.75 bits per heavy atom. The number of hydrogen-bond donors (Lipinski definition) is 0. The molecule has 0 aliphatic rings. The lowest BCUT2D eigenvalue weighted by Crippen LogP contribution is -2.00. The van der Waals surface area contributed by atoms with Crippen LogP contribution in [0.1, 0.15) is 0 Å². The van der Waals surface area contributed by atoms with Crippen molar-refractivity contribution >= 4 is 65.4 Å². The number of fused-ring (bicyclic) bond motifs is 8. The molecule has 8 aromatic carbocycles. The molecular weight excluding hydrogens is 639 g/mol. The van der Waals surface area contributed by atoms with Crippen molar-refractivity contribution in [2.24, 2.45) is 0 Å². The van der Waals surface area contributed by atoms with Crippen LogP contribution in [0, 0.1) is 0 Å². The number of aromatic nitrogens is 3. The number of para-hydroxylation sites is 1. The monoisotopic (exact) mass is 665 g/mol. The maximum absolute atomic E-state index is 6.76. The molecule has 0 radical (unpaired) electrons. The van der Waals surface area contributed by atoms with Gasteiger partial charge in [-0.1, -0.05) is 115 Å². The van der Waals surface area contributed by atoms with Gasteiger partial charge in [-0.05, 0) is 81.2 Å². The van der Waals surface area contributed by atoms with E-state index in [0.717, 1.165) is 93.2 Å². The molecule has 0 aliphatic heterocycles. The lowest BCUT2D eigenvalue weighted by atomic mass is 9.98. The van der Waals surface area contributed by atoms with Gasteiger partial charge in [0, 0.05) is 32.7 Å². The Hall–Kier alpha value is -7.11. The van der Waals surface area contributed by atoms with Crippen LogP contribution in [0.2, 0.25) is 0 Å². The first kappa shape index (κ1) is 28.7. The SMILES string of the molecule is c1ccc(-c2cc(-c3nc(-c4ccc5ccccc5c4)nc(-c4ccc5c(c4)oc4ccccc45)n3)c3oc4cc5ccccc5cc4c3c2)cc1. The summed E-state index contributed by atoms with van der Waals surface area (Å²) in [5.41, 5.74) is 7.87. The molecule has 0 fully saturated rings. The molecular formula is C47H27N3O2. The average molecular weight is 666 g/mol. The Balaban J connectivity index is 1.20. The van der Waals surface area contributed by atoms with E-state index in [-0.39, 0.29) is 0 Å². The van der Waals surface area contributed by atoms with Crippen LogP contribution >= 0.6 is 0 Å². The molecule has 5 nitrogen and oxygen atoms in total. The third kappa shape index (κ3) is 4.60. The number of benzene rings is 8. The van der Waals surface area contributed by atoms with Gasteiger partial charge < -0.3 is 8.83 Å². The number of rotatable bonds is 4. The Labute approximate surface area is 297 Å². The first-order valence-corrected chi connectivity index (χ1v) is 17.3. The summed E-state index contributed by atoms with van der Waals surface area (Å²) >= 11 is 0. The molecule has 11 rings (SSSR count). The Bertz CT molecular complexity index is 3190. The largest absolute Gasteiger partial charge is 0.456 e. The summed E-state index contributed by atoms with van der Waals surface area (Å²) in [5.74, 6) is 1.66. The minimum atomic E-state index is 0.532. The molecule has 0 unspecified atom stereocenters. The fourth-order valence-corrected chi connectivity index (χ4v) is 7.47. The number of furan rings is 2. The second-order valence-corrected chi connectivity index (χ2v) is 13.2. The standard InChI is InChI=1S/C47H27N3O2/c1-2-10-28(11-3-1)35-24-39-38-23-31-14-6-7-15-32(31)26-43(38)52-44(39)40(25-35)47-49-45(33-19-18-29-12-4-5-13-30(29)22-33)48-46(50-47)34-20-21-37-36-16-8-9-17-41(36)51-42(37)27-34/h1-27H. The maximum Gasteiger partial charge on any atom is 0.167 e. The van der Waals surface area contributed by atoms with Gasteiger partial charge in [-0.25, -0.2) is 15.0 Å². The summed E-state index contributed by atoms with van der Waals surface area (Å²) < 4.78 is 13.1. The van der Waals surface area contributed by atoms with Crippen LogP contribution in [0.5, 0.6) is 0 Å². The van der Waals surface area contributed by atoms with E-state index >= 15 is 0 Å². The molecule has 3 aromatic heterocycles. The molecule has 0 aliphatic carbocycles.